The van der Waals surface area contributed by atoms with Crippen molar-refractivity contribution in [1.82, 2.24) is 10.1 Å². The number of hydrogen-bond donors (Lipinski definition) is 1. The summed E-state index contributed by atoms with van der Waals surface area (Å²) in [5, 5.41) is 3.71. The SMILES string of the molecule is CCCc1noc(CN)n1. The molecule has 0 saturated heterocycles. The minimum Gasteiger partial charge on any atom is -0.338 e. The highest BCUT2D eigenvalue weighted by Gasteiger charge is 2.01. The molecule has 1 aromatic rings. The predicted molar refractivity (Wildman–Crippen MR) is 36.2 cm³/mol. The van der Waals surface area contributed by atoms with Gasteiger partial charge in [0.1, 0.15) is 0 Å². The van der Waals surface area contributed by atoms with Crippen LogP contribution >= 0.6 is 0 Å². The topological polar surface area (TPSA) is 64.9 Å². The summed E-state index contributed by atoms with van der Waals surface area (Å²) in [6.07, 6.45) is 1.90. The minimum atomic E-state index is 0.330. The average Bonchev–Trinajstić information content (AvgIpc) is 2.37. The monoisotopic (exact) mass is 141 g/mol. The van der Waals surface area contributed by atoms with E-state index >= 15 is 0 Å². The third-order valence-corrected chi connectivity index (χ3v) is 1.16. The normalized spacial score (nSPS) is 10.2. The van der Waals surface area contributed by atoms with Crippen molar-refractivity contribution in [2.75, 3.05) is 0 Å². The number of nitrogens with zero attached hydrogens (tertiary/aromatic N) is 2. The molecule has 0 radical (unpaired) electrons. The first kappa shape index (κ1) is 7.21. The summed E-state index contributed by atoms with van der Waals surface area (Å²) in [6, 6.07) is 0. The zero-order valence-electron chi connectivity index (χ0n) is 6.00. The Bertz CT molecular complexity index is 197. The van der Waals surface area contributed by atoms with Gasteiger partial charge < -0.3 is 10.3 Å². The fraction of sp³-hybridized carbons (Fsp3) is 0.667. The third kappa shape index (κ3) is 1.54. The zero-order chi connectivity index (χ0) is 7.40. The Labute approximate surface area is 59.4 Å². The Hall–Kier alpha value is -0.900. The number of aryl methyl sites for hydroxylation is 1. The number of hydrogen-bond acceptors (Lipinski definition) is 4. The highest BCUT2D eigenvalue weighted by atomic mass is 16.5. The van der Waals surface area contributed by atoms with Crippen LogP contribution in [0.25, 0.3) is 0 Å². The Kier molecular flexibility index (Phi) is 2.39. The molecule has 1 rings (SSSR count). The molecule has 10 heavy (non-hydrogen) atoms. The van der Waals surface area contributed by atoms with Gasteiger partial charge in [-0.2, -0.15) is 4.98 Å². The van der Waals surface area contributed by atoms with Crippen molar-refractivity contribution in [1.29, 1.82) is 0 Å². The van der Waals surface area contributed by atoms with Crippen LogP contribution in [0.2, 0.25) is 0 Å². The Morgan fingerprint density at radius 1 is 1.60 bits per heavy atom. The van der Waals surface area contributed by atoms with Gasteiger partial charge in [0.15, 0.2) is 5.82 Å². The van der Waals surface area contributed by atoms with E-state index in [4.69, 9.17) is 10.3 Å². The van der Waals surface area contributed by atoms with E-state index in [1.54, 1.807) is 0 Å². The molecular weight excluding hydrogens is 130 g/mol. The van der Waals surface area contributed by atoms with Crippen molar-refractivity contribution in [3.8, 4) is 0 Å². The summed E-state index contributed by atoms with van der Waals surface area (Å²) in [4.78, 5) is 4.02. The summed E-state index contributed by atoms with van der Waals surface area (Å²) in [5.41, 5.74) is 5.26. The highest BCUT2D eigenvalue weighted by Crippen LogP contribution is 1.98. The summed E-state index contributed by atoms with van der Waals surface area (Å²) in [6.45, 7) is 2.40. The second kappa shape index (κ2) is 3.31. The summed E-state index contributed by atoms with van der Waals surface area (Å²) >= 11 is 0. The molecule has 0 spiro atoms. The molecule has 56 valence electrons. The molecule has 0 aliphatic carbocycles. The zero-order valence-corrected chi connectivity index (χ0v) is 6.00. The summed E-state index contributed by atoms with van der Waals surface area (Å²) in [5.74, 6) is 1.27. The Morgan fingerprint density at radius 2 is 2.40 bits per heavy atom. The number of rotatable bonds is 3. The lowest BCUT2D eigenvalue weighted by molar-refractivity contribution is 0.374. The molecule has 0 saturated carbocycles. The van der Waals surface area contributed by atoms with Crippen LogP contribution in [-0.4, -0.2) is 10.1 Å². The molecule has 0 unspecified atom stereocenters. The Morgan fingerprint density at radius 3 is 2.90 bits per heavy atom. The Balaban J connectivity index is 2.59. The molecule has 4 nitrogen and oxygen atoms in total. The van der Waals surface area contributed by atoms with Crippen LogP contribution in [0.1, 0.15) is 25.1 Å². The van der Waals surface area contributed by atoms with Crippen LogP contribution in [0.4, 0.5) is 0 Å². The standard InChI is InChI=1S/C6H11N3O/c1-2-3-5-8-6(4-7)10-9-5/h2-4,7H2,1H3. The molecule has 2 N–H and O–H groups in total. The molecule has 0 fully saturated rings. The van der Waals surface area contributed by atoms with Gasteiger partial charge in [0.05, 0.1) is 6.54 Å². The summed E-state index contributed by atoms with van der Waals surface area (Å²) in [7, 11) is 0. The van der Waals surface area contributed by atoms with Crippen molar-refractivity contribution in [2.45, 2.75) is 26.3 Å². The van der Waals surface area contributed by atoms with Gasteiger partial charge in [-0.05, 0) is 6.42 Å². The molecular formula is C6H11N3O. The second-order valence-corrected chi connectivity index (χ2v) is 2.06. The number of nitrogens with two attached hydrogens (primary N) is 1. The first-order chi connectivity index (χ1) is 4.86. The van der Waals surface area contributed by atoms with Gasteiger partial charge in [-0.15, -0.1) is 0 Å². The molecule has 0 aromatic carbocycles. The van der Waals surface area contributed by atoms with Crippen molar-refractivity contribution in [3.63, 3.8) is 0 Å². The molecule has 0 bridgehead atoms. The van der Waals surface area contributed by atoms with Gasteiger partial charge in [0.2, 0.25) is 5.89 Å². The van der Waals surface area contributed by atoms with Crippen LogP contribution in [0.15, 0.2) is 4.52 Å². The highest BCUT2D eigenvalue weighted by molar-refractivity contribution is 4.84. The molecule has 0 aliphatic rings. The van der Waals surface area contributed by atoms with E-state index in [0.717, 1.165) is 18.7 Å². The lowest BCUT2D eigenvalue weighted by Crippen LogP contribution is -1.96. The van der Waals surface area contributed by atoms with Gasteiger partial charge in [-0.1, -0.05) is 12.1 Å². The molecule has 4 heteroatoms. The van der Waals surface area contributed by atoms with E-state index in [9.17, 15) is 0 Å². The van der Waals surface area contributed by atoms with E-state index in [0.29, 0.717) is 12.4 Å². The molecule has 1 aromatic heterocycles. The van der Waals surface area contributed by atoms with Gasteiger partial charge in [-0.25, -0.2) is 0 Å². The first-order valence-electron chi connectivity index (χ1n) is 3.38. The minimum absolute atomic E-state index is 0.330. The smallest absolute Gasteiger partial charge is 0.240 e. The van der Waals surface area contributed by atoms with Gasteiger partial charge in [0.25, 0.3) is 0 Å². The number of aromatic nitrogens is 2. The van der Waals surface area contributed by atoms with Crippen molar-refractivity contribution >= 4 is 0 Å². The first-order valence-corrected chi connectivity index (χ1v) is 3.38. The quantitative estimate of drug-likeness (QED) is 0.665. The molecule has 0 amide bonds. The van der Waals surface area contributed by atoms with E-state index in [2.05, 4.69) is 17.1 Å². The van der Waals surface area contributed by atoms with E-state index < -0.39 is 0 Å². The maximum Gasteiger partial charge on any atom is 0.240 e. The molecule has 1 heterocycles. The van der Waals surface area contributed by atoms with Gasteiger partial charge in [0, 0.05) is 6.42 Å². The van der Waals surface area contributed by atoms with Crippen LogP contribution < -0.4 is 5.73 Å². The third-order valence-electron chi connectivity index (χ3n) is 1.16. The largest absolute Gasteiger partial charge is 0.338 e. The van der Waals surface area contributed by atoms with Crippen LogP contribution in [0.3, 0.4) is 0 Å². The van der Waals surface area contributed by atoms with Gasteiger partial charge in [-0.3, -0.25) is 0 Å². The second-order valence-electron chi connectivity index (χ2n) is 2.06. The lowest BCUT2D eigenvalue weighted by Gasteiger charge is -1.82. The van der Waals surface area contributed by atoms with E-state index in [-0.39, 0.29) is 0 Å². The fourth-order valence-corrected chi connectivity index (χ4v) is 0.698. The maximum atomic E-state index is 5.26. The van der Waals surface area contributed by atoms with E-state index in [1.807, 2.05) is 0 Å². The van der Waals surface area contributed by atoms with Crippen LogP contribution in [0.5, 0.6) is 0 Å². The fourth-order valence-electron chi connectivity index (χ4n) is 0.698. The predicted octanol–water partition coefficient (Wildman–Crippen LogP) is 0.481. The van der Waals surface area contributed by atoms with Crippen LogP contribution in [-0.2, 0) is 13.0 Å². The lowest BCUT2D eigenvalue weighted by atomic mass is 10.3. The van der Waals surface area contributed by atoms with Crippen molar-refractivity contribution in [2.24, 2.45) is 5.73 Å². The summed E-state index contributed by atoms with van der Waals surface area (Å²) < 4.78 is 4.78. The average molecular weight is 141 g/mol. The van der Waals surface area contributed by atoms with Crippen molar-refractivity contribution < 1.29 is 4.52 Å². The van der Waals surface area contributed by atoms with Gasteiger partial charge >= 0.3 is 0 Å². The maximum absolute atomic E-state index is 5.26. The molecule has 0 atom stereocenters. The van der Waals surface area contributed by atoms with Crippen molar-refractivity contribution in [3.05, 3.63) is 11.7 Å². The molecule has 0 aliphatic heterocycles. The van der Waals surface area contributed by atoms with Crippen LogP contribution in [0, 0.1) is 0 Å². The van der Waals surface area contributed by atoms with E-state index in [1.165, 1.54) is 0 Å².